The van der Waals surface area contributed by atoms with Gasteiger partial charge in [-0.2, -0.15) is 0 Å². The number of carbonyl (C=O) groups is 1. The van der Waals surface area contributed by atoms with Crippen molar-refractivity contribution in [1.29, 1.82) is 0 Å². The zero-order valence-corrected chi connectivity index (χ0v) is 11.9. The summed E-state index contributed by atoms with van der Waals surface area (Å²) in [5.74, 6) is 2.04. The van der Waals surface area contributed by atoms with Gasteiger partial charge in [0.15, 0.2) is 16.7 Å². The lowest BCUT2D eigenvalue weighted by Crippen LogP contribution is -2.10. The van der Waals surface area contributed by atoms with Crippen LogP contribution in [-0.4, -0.2) is 32.6 Å². The average Bonchev–Trinajstić information content (AvgIpc) is 3.16. The fourth-order valence-electron chi connectivity index (χ4n) is 2.14. The maximum Gasteiger partial charge on any atom is 0.306 e. The van der Waals surface area contributed by atoms with E-state index in [1.807, 2.05) is 23.6 Å². The molecule has 7 heteroatoms. The molecule has 0 spiro atoms. The predicted octanol–water partition coefficient (Wildman–Crippen LogP) is 2.36. The summed E-state index contributed by atoms with van der Waals surface area (Å²) in [7, 11) is 0. The number of thioether (sulfide) groups is 1. The van der Waals surface area contributed by atoms with Crippen LogP contribution in [0.1, 0.15) is 19.8 Å². The van der Waals surface area contributed by atoms with Crippen LogP contribution in [0.3, 0.4) is 0 Å². The summed E-state index contributed by atoms with van der Waals surface area (Å²) in [5.41, 5.74) is 0. The third-order valence-corrected chi connectivity index (χ3v) is 4.24. The molecule has 3 heterocycles. The van der Waals surface area contributed by atoms with Crippen molar-refractivity contribution in [3.63, 3.8) is 0 Å². The second-order valence-electron chi connectivity index (χ2n) is 4.49. The van der Waals surface area contributed by atoms with E-state index >= 15 is 0 Å². The van der Waals surface area contributed by atoms with E-state index in [1.165, 1.54) is 0 Å². The Morgan fingerprint density at radius 2 is 2.40 bits per heavy atom. The van der Waals surface area contributed by atoms with Crippen LogP contribution in [0, 0.1) is 0 Å². The minimum absolute atomic E-state index is 0.0124. The van der Waals surface area contributed by atoms with Gasteiger partial charge < -0.3 is 9.15 Å². The quantitative estimate of drug-likeness (QED) is 0.622. The van der Waals surface area contributed by atoms with Gasteiger partial charge in [-0.15, -0.1) is 10.2 Å². The minimum atomic E-state index is -0.108. The molecule has 2 aromatic rings. The Bertz CT molecular complexity index is 594. The summed E-state index contributed by atoms with van der Waals surface area (Å²) in [5, 5.41) is 9.20. The average molecular weight is 293 g/mol. The molecule has 106 valence electrons. The summed E-state index contributed by atoms with van der Waals surface area (Å²) in [4.78, 5) is 11.1. The molecule has 6 nitrogen and oxygen atoms in total. The fourth-order valence-corrected chi connectivity index (χ4v) is 3.18. The normalized spacial score (nSPS) is 18.4. The molecular formula is C13H15N3O3S. The summed E-state index contributed by atoms with van der Waals surface area (Å²) in [6.07, 6.45) is 2.91. The third kappa shape index (κ3) is 2.58. The minimum Gasteiger partial charge on any atom is -0.461 e. The molecule has 0 bridgehead atoms. The SMILES string of the molecule is CCn1c(SC[C@@H]2CCC(=O)O2)nnc1-c1ccco1. The molecule has 1 atom stereocenters. The van der Waals surface area contributed by atoms with Crippen LogP contribution in [0.5, 0.6) is 0 Å². The molecule has 3 rings (SSSR count). The summed E-state index contributed by atoms with van der Waals surface area (Å²) in [6, 6.07) is 3.69. The van der Waals surface area contributed by atoms with Crippen LogP contribution in [0.15, 0.2) is 28.0 Å². The van der Waals surface area contributed by atoms with Crippen LogP contribution >= 0.6 is 11.8 Å². The van der Waals surface area contributed by atoms with Gasteiger partial charge in [0.05, 0.1) is 6.26 Å². The second-order valence-corrected chi connectivity index (χ2v) is 5.48. The Labute approximate surface area is 120 Å². The topological polar surface area (TPSA) is 70.2 Å². The van der Waals surface area contributed by atoms with E-state index in [9.17, 15) is 4.79 Å². The van der Waals surface area contributed by atoms with E-state index < -0.39 is 0 Å². The molecule has 0 amide bonds. The van der Waals surface area contributed by atoms with Crippen molar-refractivity contribution in [1.82, 2.24) is 14.8 Å². The van der Waals surface area contributed by atoms with E-state index in [1.54, 1.807) is 18.0 Å². The Hall–Kier alpha value is -1.76. The Balaban J connectivity index is 1.72. The van der Waals surface area contributed by atoms with Gasteiger partial charge in [-0.3, -0.25) is 9.36 Å². The summed E-state index contributed by atoms with van der Waals surface area (Å²) >= 11 is 1.56. The number of furan rings is 1. The van der Waals surface area contributed by atoms with Gasteiger partial charge in [0.1, 0.15) is 6.10 Å². The number of nitrogens with zero attached hydrogens (tertiary/aromatic N) is 3. The van der Waals surface area contributed by atoms with Gasteiger partial charge in [-0.1, -0.05) is 11.8 Å². The largest absolute Gasteiger partial charge is 0.461 e. The number of hydrogen-bond donors (Lipinski definition) is 0. The number of ether oxygens (including phenoxy) is 1. The summed E-state index contributed by atoms with van der Waals surface area (Å²) in [6.45, 7) is 2.80. The Morgan fingerprint density at radius 3 is 3.05 bits per heavy atom. The second kappa shape index (κ2) is 5.70. The third-order valence-electron chi connectivity index (χ3n) is 3.14. The molecule has 1 saturated heterocycles. The lowest BCUT2D eigenvalue weighted by molar-refractivity contribution is -0.140. The number of rotatable bonds is 5. The first-order valence-electron chi connectivity index (χ1n) is 6.57. The first-order chi connectivity index (χ1) is 9.78. The number of aromatic nitrogens is 3. The molecule has 1 aliphatic heterocycles. The molecule has 2 aromatic heterocycles. The molecular weight excluding hydrogens is 278 g/mol. The van der Waals surface area contributed by atoms with Crippen molar-refractivity contribution in [3.8, 4) is 11.6 Å². The van der Waals surface area contributed by atoms with Gasteiger partial charge in [0, 0.05) is 18.7 Å². The van der Waals surface area contributed by atoms with E-state index in [0.29, 0.717) is 17.9 Å². The molecule has 0 saturated carbocycles. The lowest BCUT2D eigenvalue weighted by Gasteiger charge is -2.09. The van der Waals surface area contributed by atoms with Gasteiger partial charge in [-0.05, 0) is 25.5 Å². The van der Waals surface area contributed by atoms with Gasteiger partial charge in [-0.25, -0.2) is 0 Å². The first kappa shape index (κ1) is 13.2. The molecule has 1 fully saturated rings. The van der Waals surface area contributed by atoms with Crippen molar-refractivity contribution in [3.05, 3.63) is 18.4 Å². The molecule has 20 heavy (non-hydrogen) atoms. The van der Waals surface area contributed by atoms with E-state index in [0.717, 1.165) is 23.9 Å². The molecule has 0 aromatic carbocycles. The van der Waals surface area contributed by atoms with Crippen molar-refractivity contribution in [2.75, 3.05) is 5.75 Å². The van der Waals surface area contributed by atoms with Gasteiger partial charge >= 0.3 is 5.97 Å². The lowest BCUT2D eigenvalue weighted by atomic mass is 10.3. The fraction of sp³-hybridized carbons (Fsp3) is 0.462. The molecule has 0 N–H and O–H groups in total. The first-order valence-corrected chi connectivity index (χ1v) is 7.56. The number of carbonyl (C=O) groups excluding carboxylic acids is 1. The highest BCUT2D eigenvalue weighted by Gasteiger charge is 2.24. The molecule has 0 radical (unpaired) electrons. The number of cyclic esters (lactones) is 1. The van der Waals surface area contributed by atoms with Crippen LogP contribution in [0.2, 0.25) is 0 Å². The predicted molar refractivity (Wildman–Crippen MR) is 73.2 cm³/mol. The van der Waals surface area contributed by atoms with Crippen LogP contribution in [-0.2, 0) is 16.1 Å². The monoisotopic (exact) mass is 293 g/mol. The molecule has 0 unspecified atom stereocenters. The zero-order valence-electron chi connectivity index (χ0n) is 11.1. The van der Waals surface area contributed by atoms with Crippen molar-refractivity contribution < 1.29 is 13.9 Å². The van der Waals surface area contributed by atoms with E-state index in [2.05, 4.69) is 10.2 Å². The molecule has 1 aliphatic rings. The highest BCUT2D eigenvalue weighted by atomic mass is 32.2. The smallest absolute Gasteiger partial charge is 0.306 e. The molecule has 0 aliphatic carbocycles. The highest BCUT2D eigenvalue weighted by molar-refractivity contribution is 7.99. The van der Waals surface area contributed by atoms with Crippen molar-refractivity contribution in [2.24, 2.45) is 0 Å². The highest BCUT2D eigenvalue weighted by Crippen LogP contribution is 2.27. The Morgan fingerprint density at radius 1 is 1.50 bits per heavy atom. The number of hydrogen-bond acceptors (Lipinski definition) is 6. The summed E-state index contributed by atoms with van der Waals surface area (Å²) < 4.78 is 12.6. The van der Waals surface area contributed by atoms with Gasteiger partial charge in [0.25, 0.3) is 0 Å². The Kier molecular flexibility index (Phi) is 3.77. The van der Waals surface area contributed by atoms with Crippen LogP contribution < -0.4 is 0 Å². The number of esters is 1. The standard InChI is InChI=1S/C13H15N3O3S/c1-2-16-12(10-4-3-7-18-10)14-15-13(16)20-8-9-5-6-11(17)19-9/h3-4,7,9H,2,5-6,8H2,1H3/t9-/m0/s1. The maximum absolute atomic E-state index is 11.1. The maximum atomic E-state index is 11.1. The van der Waals surface area contributed by atoms with E-state index in [4.69, 9.17) is 9.15 Å². The van der Waals surface area contributed by atoms with Crippen molar-refractivity contribution in [2.45, 2.75) is 37.6 Å². The van der Waals surface area contributed by atoms with E-state index in [-0.39, 0.29) is 12.1 Å². The van der Waals surface area contributed by atoms with Gasteiger partial charge in [0.2, 0.25) is 0 Å². The van der Waals surface area contributed by atoms with Crippen molar-refractivity contribution >= 4 is 17.7 Å². The van der Waals surface area contributed by atoms with Crippen LogP contribution in [0.4, 0.5) is 0 Å². The zero-order chi connectivity index (χ0) is 13.9. The van der Waals surface area contributed by atoms with Crippen LogP contribution in [0.25, 0.3) is 11.6 Å².